The molecule has 3 N–H and O–H groups in total. The lowest BCUT2D eigenvalue weighted by atomic mass is 10.0. The number of nitrogens with one attached hydrogen (secondary N) is 1. The molecule has 2 aromatic carbocycles. The summed E-state index contributed by atoms with van der Waals surface area (Å²) in [4.78, 5) is 11.8. The molecule has 0 bridgehead atoms. The summed E-state index contributed by atoms with van der Waals surface area (Å²) in [5, 5.41) is 23.0. The van der Waals surface area contributed by atoms with Crippen LogP contribution < -0.4 is 14.8 Å². The van der Waals surface area contributed by atoms with Gasteiger partial charge in [0, 0.05) is 6.54 Å². The Balaban J connectivity index is 1.88. The van der Waals surface area contributed by atoms with Gasteiger partial charge in [-0.3, -0.25) is 0 Å². The fourth-order valence-corrected chi connectivity index (χ4v) is 2.55. The zero-order valence-electron chi connectivity index (χ0n) is 16.1. The molecule has 2 atom stereocenters. The predicted octanol–water partition coefficient (Wildman–Crippen LogP) is 2.80. The van der Waals surface area contributed by atoms with Crippen LogP contribution in [0.4, 0.5) is 4.79 Å². The van der Waals surface area contributed by atoms with Crippen LogP contribution in [0.1, 0.15) is 31.1 Å². The van der Waals surface area contributed by atoms with Crippen LogP contribution in [0.3, 0.4) is 0 Å². The Bertz CT molecular complexity index is 737. The number of benzene rings is 2. The number of aliphatic hydroxyl groups excluding tert-OH is 2. The van der Waals surface area contributed by atoms with E-state index in [0.29, 0.717) is 30.3 Å². The van der Waals surface area contributed by atoms with Gasteiger partial charge in [-0.2, -0.15) is 0 Å². The molecule has 0 spiro atoms. The van der Waals surface area contributed by atoms with Crippen LogP contribution in [0.2, 0.25) is 0 Å². The zero-order chi connectivity index (χ0) is 20.4. The van der Waals surface area contributed by atoms with Gasteiger partial charge in [0.05, 0.1) is 13.2 Å². The number of ether oxygens (including phenoxy) is 3. The molecule has 2 rings (SSSR count). The summed E-state index contributed by atoms with van der Waals surface area (Å²) in [6.07, 6.45) is -3.09. The first kappa shape index (κ1) is 21.5. The van der Waals surface area contributed by atoms with Crippen LogP contribution >= 0.6 is 0 Å². The van der Waals surface area contributed by atoms with E-state index < -0.39 is 18.3 Å². The van der Waals surface area contributed by atoms with Crippen molar-refractivity contribution in [2.75, 3.05) is 19.8 Å². The molecule has 0 aliphatic heterocycles. The molecule has 0 radical (unpaired) electrons. The maximum atomic E-state index is 11.8. The first-order valence-corrected chi connectivity index (χ1v) is 9.25. The van der Waals surface area contributed by atoms with Crippen molar-refractivity contribution in [2.45, 2.75) is 32.7 Å². The van der Waals surface area contributed by atoms with Gasteiger partial charge in [-0.05, 0) is 37.1 Å². The summed E-state index contributed by atoms with van der Waals surface area (Å²) in [5.41, 5.74) is 1.31. The molecule has 1 amide bonds. The predicted molar refractivity (Wildman–Crippen MR) is 104 cm³/mol. The highest BCUT2D eigenvalue weighted by molar-refractivity contribution is 5.67. The molecule has 0 saturated carbocycles. The number of amides is 1. The number of carbonyl (C=O) groups is 1. The minimum atomic E-state index is -1.21. The third-order valence-electron chi connectivity index (χ3n) is 3.94. The smallest absolute Gasteiger partial charge is 0.407 e. The van der Waals surface area contributed by atoms with Crippen LogP contribution in [-0.4, -0.2) is 42.2 Å². The Hall–Kier alpha value is -2.77. The molecule has 28 heavy (non-hydrogen) atoms. The number of carbonyl (C=O) groups excluding carboxylic acids is 1. The standard InChI is InChI=1S/C21H27NO6/c1-3-26-18-11-10-16(12-19(18)27-4-2)20(24)17(23)13-22-21(25)28-14-15-8-6-5-7-9-15/h5-12,17,20,23-24H,3-4,13-14H2,1-2H3,(H,22,25). The first-order valence-electron chi connectivity index (χ1n) is 9.25. The zero-order valence-corrected chi connectivity index (χ0v) is 16.1. The van der Waals surface area contributed by atoms with Crippen molar-refractivity contribution in [1.82, 2.24) is 5.32 Å². The van der Waals surface area contributed by atoms with Crippen LogP contribution in [0.25, 0.3) is 0 Å². The molecular weight excluding hydrogens is 362 g/mol. The van der Waals surface area contributed by atoms with Crippen molar-refractivity contribution in [1.29, 1.82) is 0 Å². The fraction of sp³-hybridized carbons (Fsp3) is 0.381. The third kappa shape index (κ3) is 6.44. The van der Waals surface area contributed by atoms with Crippen LogP contribution in [-0.2, 0) is 11.3 Å². The van der Waals surface area contributed by atoms with Crippen molar-refractivity contribution in [3.8, 4) is 11.5 Å². The van der Waals surface area contributed by atoms with Gasteiger partial charge in [0.25, 0.3) is 0 Å². The van der Waals surface area contributed by atoms with E-state index in [2.05, 4.69) is 5.32 Å². The van der Waals surface area contributed by atoms with E-state index in [4.69, 9.17) is 14.2 Å². The Morgan fingerprint density at radius 1 is 1.00 bits per heavy atom. The summed E-state index contributed by atoms with van der Waals surface area (Å²) in [6.45, 7) is 4.61. The highest BCUT2D eigenvalue weighted by atomic mass is 16.5. The topological polar surface area (TPSA) is 97.2 Å². The van der Waals surface area contributed by atoms with Crippen molar-refractivity contribution in [2.24, 2.45) is 0 Å². The van der Waals surface area contributed by atoms with Gasteiger partial charge in [0.1, 0.15) is 18.8 Å². The Labute approximate surface area is 164 Å². The molecule has 2 aromatic rings. The Morgan fingerprint density at radius 3 is 2.36 bits per heavy atom. The van der Waals surface area contributed by atoms with E-state index in [1.54, 1.807) is 18.2 Å². The van der Waals surface area contributed by atoms with E-state index in [-0.39, 0.29) is 13.2 Å². The highest BCUT2D eigenvalue weighted by Crippen LogP contribution is 2.31. The van der Waals surface area contributed by atoms with Crippen molar-refractivity contribution in [3.63, 3.8) is 0 Å². The van der Waals surface area contributed by atoms with Crippen molar-refractivity contribution in [3.05, 3.63) is 59.7 Å². The molecule has 0 aliphatic rings. The molecule has 7 nitrogen and oxygen atoms in total. The summed E-state index contributed by atoms with van der Waals surface area (Å²) in [5.74, 6) is 1.06. The van der Waals surface area contributed by atoms with E-state index >= 15 is 0 Å². The largest absolute Gasteiger partial charge is 0.490 e. The molecule has 0 fully saturated rings. The summed E-state index contributed by atoms with van der Waals surface area (Å²) < 4.78 is 16.1. The second kappa shape index (κ2) is 11.2. The maximum absolute atomic E-state index is 11.8. The number of alkyl carbamates (subject to hydrolysis) is 1. The van der Waals surface area contributed by atoms with Crippen molar-refractivity contribution < 1.29 is 29.2 Å². The van der Waals surface area contributed by atoms with Gasteiger partial charge in [-0.25, -0.2) is 4.79 Å². The van der Waals surface area contributed by atoms with Crippen molar-refractivity contribution >= 4 is 6.09 Å². The lowest BCUT2D eigenvalue weighted by molar-refractivity contribution is 0.0182. The molecule has 0 aliphatic carbocycles. The number of hydrogen-bond donors (Lipinski definition) is 3. The van der Waals surface area contributed by atoms with Crippen LogP contribution in [0.5, 0.6) is 11.5 Å². The monoisotopic (exact) mass is 389 g/mol. The second-order valence-electron chi connectivity index (χ2n) is 6.03. The third-order valence-corrected chi connectivity index (χ3v) is 3.94. The molecular formula is C21H27NO6. The lowest BCUT2D eigenvalue weighted by Gasteiger charge is -2.20. The number of rotatable bonds is 10. The normalized spacial score (nSPS) is 12.7. The summed E-state index contributed by atoms with van der Waals surface area (Å²) in [7, 11) is 0. The van der Waals surface area contributed by atoms with Crippen LogP contribution in [0, 0.1) is 0 Å². The number of aliphatic hydroxyl groups is 2. The molecule has 152 valence electrons. The first-order chi connectivity index (χ1) is 13.5. The van der Waals surface area contributed by atoms with Crippen LogP contribution in [0.15, 0.2) is 48.5 Å². The Morgan fingerprint density at radius 2 is 1.68 bits per heavy atom. The lowest BCUT2D eigenvalue weighted by Crippen LogP contribution is -2.35. The minimum absolute atomic E-state index is 0.127. The molecule has 7 heteroatoms. The SMILES string of the molecule is CCOc1ccc(C(O)C(O)CNC(=O)OCc2ccccc2)cc1OCC. The van der Waals surface area contributed by atoms with E-state index in [1.807, 2.05) is 44.2 Å². The van der Waals surface area contributed by atoms with Gasteiger partial charge >= 0.3 is 6.09 Å². The van der Waals surface area contributed by atoms with E-state index in [9.17, 15) is 15.0 Å². The number of hydrogen-bond acceptors (Lipinski definition) is 6. The molecule has 0 saturated heterocycles. The van der Waals surface area contributed by atoms with E-state index in [0.717, 1.165) is 5.56 Å². The molecule has 0 heterocycles. The molecule has 0 aromatic heterocycles. The fourth-order valence-electron chi connectivity index (χ4n) is 2.55. The van der Waals surface area contributed by atoms with Gasteiger partial charge in [0.2, 0.25) is 0 Å². The molecule has 2 unspecified atom stereocenters. The van der Waals surface area contributed by atoms with Gasteiger partial charge in [-0.15, -0.1) is 0 Å². The van der Waals surface area contributed by atoms with Gasteiger partial charge < -0.3 is 29.7 Å². The second-order valence-corrected chi connectivity index (χ2v) is 6.03. The van der Waals surface area contributed by atoms with Gasteiger partial charge in [-0.1, -0.05) is 36.4 Å². The summed E-state index contributed by atoms with van der Waals surface area (Å²) in [6, 6.07) is 14.2. The minimum Gasteiger partial charge on any atom is -0.490 e. The van der Waals surface area contributed by atoms with E-state index in [1.165, 1.54) is 0 Å². The Kier molecular flexibility index (Phi) is 8.58. The average molecular weight is 389 g/mol. The van der Waals surface area contributed by atoms with Gasteiger partial charge in [0.15, 0.2) is 11.5 Å². The quantitative estimate of drug-likeness (QED) is 0.578. The summed E-state index contributed by atoms with van der Waals surface area (Å²) >= 11 is 0. The average Bonchev–Trinajstić information content (AvgIpc) is 2.72. The maximum Gasteiger partial charge on any atom is 0.407 e. The highest BCUT2D eigenvalue weighted by Gasteiger charge is 2.21.